The van der Waals surface area contributed by atoms with E-state index in [-0.39, 0.29) is 0 Å². The van der Waals surface area contributed by atoms with Gasteiger partial charge in [-0.1, -0.05) is 66.7 Å². The van der Waals surface area contributed by atoms with Crippen LogP contribution in [0.2, 0.25) is 0 Å². The molecule has 1 saturated heterocycles. The second kappa shape index (κ2) is 7.70. The zero-order valence-corrected chi connectivity index (χ0v) is 15.9. The molecule has 3 nitrogen and oxygen atoms in total. The molecule has 2 atom stereocenters. The van der Waals surface area contributed by atoms with Crippen molar-refractivity contribution in [3.05, 3.63) is 96.2 Å². The lowest BCUT2D eigenvalue weighted by Gasteiger charge is -2.44. The standard InChI is InChI=1S/C25H24N2O/c1-2-6-19(7-3-1)16-27-23-14-22(15-24(27)18-28-17-23)20-9-11-21(12-10-20)25-8-4-5-13-26-25/h1-14,23-24H,15-18H2. The van der Waals surface area contributed by atoms with E-state index in [1.807, 2.05) is 18.3 Å². The second-order valence-corrected chi connectivity index (χ2v) is 7.60. The SMILES string of the molecule is C1=C(c2ccc(-c3ccccn3)cc2)CC2COCC1N2Cc1ccccc1. The average Bonchev–Trinajstić information content (AvgIpc) is 2.75. The fourth-order valence-corrected chi connectivity index (χ4v) is 4.30. The van der Waals surface area contributed by atoms with Gasteiger partial charge in [0.2, 0.25) is 0 Å². The molecule has 2 aliphatic rings. The first-order chi connectivity index (χ1) is 13.9. The normalized spacial score (nSPS) is 21.9. The second-order valence-electron chi connectivity index (χ2n) is 7.60. The number of pyridine rings is 1. The maximum Gasteiger partial charge on any atom is 0.0701 e. The van der Waals surface area contributed by atoms with E-state index in [1.54, 1.807) is 0 Å². The van der Waals surface area contributed by atoms with Crippen molar-refractivity contribution in [3.8, 4) is 11.3 Å². The van der Waals surface area contributed by atoms with E-state index in [2.05, 4.69) is 76.6 Å². The molecule has 28 heavy (non-hydrogen) atoms. The average molecular weight is 368 g/mol. The van der Waals surface area contributed by atoms with Crippen LogP contribution in [-0.4, -0.2) is 35.2 Å². The number of fused-ring (bicyclic) bond motifs is 2. The molecule has 2 aromatic carbocycles. The summed E-state index contributed by atoms with van der Waals surface area (Å²) in [5, 5.41) is 0. The lowest BCUT2D eigenvalue weighted by Crippen LogP contribution is -2.53. The summed E-state index contributed by atoms with van der Waals surface area (Å²) in [7, 11) is 0. The molecule has 3 heteroatoms. The van der Waals surface area contributed by atoms with Crippen LogP contribution in [0.1, 0.15) is 17.5 Å². The van der Waals surface area contributed by atoms with Crippen molar-refractivity contribution < 1.29 is 4.74 Å². The predicted molar refractivity (Wildman–Crippen MR) is 113 cm³/mol. The molecule has 1 fully saturated rings. The molecule has 2 unspecified atom stereocenters. The van der Waals surface area contributed by atoms with Crippen LogP contribution < -0.4 is 0 Å². The number of rotatable bonds is 4. The van der Waals surface area contributed by atoms with Crippen molar-refractivity contribution in [1.82, 2.24) is 9.88 Å². The minimum atomic E-state index is 0.346. The van der Waals surface area contributed by atoms with Gasteiger partial charge in [0.05, 0.1) is 24.9 Å². The zero-order chi connectivity index (χ0) is 18.8. The number of hydrogen-bond donors (Lipinski definition) is 0. The largest absolute Gasteiger partial charge is 0.378 e. The van der Waals surface area contributed by atoms with Gasteiger partial charge in [-0.15, -0.1) is 0 Å². The fourth-order valence-electron chi connectivity index (χ4n) is 4.30. The molecule has 1 aromatic heterocycles. The van der Waals surface area contributed by atoms with Gasteiger partial charge in [0, 0.05) is 24.3 Å². The lowest BCUT2D eigenvalue weighted by atomic mass is 9.89. The van der Waals surface area contributed by atoms with Crippen LogP contribution in [0, 0.1) is 0 Å². The summed E-state index contributed by atoms with van der Waals surface area (Å²) in [6, 6.07) is 26.4. The highest BCUT2D eigenvalue weighted by molar-refractivity contribution is 5.70. The van der Waals surface area contributed by atoms with Gasteiger partial charge in [0.1, 0.15) is 0 Å². The third kappa shape index (κ3) is 3.51. The third-order valence-electron chi connectivity index (χ3n) is 5.77. The monoisotopic (exact) mass is 368 g/mol. The van der Waals surface area contributed by atoms with Crippen LogP contribution in [-0.2, 0) is 11.3 Å². The van der Waals surface area contributed by atoms with Crippen molar-refractivity contribution in [2.75, 3.05) is 13.2 Å². The minimum Gasteiger partial charge on any atom is -0.378 e. The number of nitrogens with zero attached hydrogens (tertiary/aromatic N) is 2. The molecule has 3 heterocycles. The van der Waals surface area contributed by atoms with Gasteiger partial charge in [-0.25, -0.2) is 0 Å². The van der Waals surface area contributed by atoms with Crippen LogP contribution in [0.5, 0.6) is 0 Å². The van der Waals surface area contributed by atoms with Gasteiger partial charge in [-0.3, -0.25) is 9.88 Å². The Labute approximate surface area is 166 Å². The molecule has 140 valence electrons. The molecule has 0 amide bonds. The van der Waals surface area contributed by atoms with Crippen molar-refractivity contribution >= 4 is 5.57 Å². The molecule has 0 aliphatic carbocycles. The summed E-state index contributed by atoms with van der Waals surface area (Å²) in [6.45, 7) is 2.58. The number of hydrogen-bond acceptors (Lipinski definition) is 3. The Morgan fingerprint density at radius 1 is 0.857 bits per heavy atom. The van der Waals surface area contributed by atoms with Gasteiger partial charge in [-0.2, -0.15) is 0 Å². The van der Waals surface area contributed by atoms with E-state index in [9.17, 15) is 0 Å². The summed E-state index contributed by atoms with van der Waals surface area (Å²) in [5.74, 6) is 0. The van der Waals surface area contributed by atoms with Gasteiger partial charge in [-0.05, 0) is 35.3 Å². The number of benzene rings is 2. The zero-order valence-electron chi connectivity index (χ0n) is 15.9. The van der Waals surface area contributed by atoms with Crippen molar-refractivity contribution in [1.29, 1.82) is 0 Å². The first-order valence-electron chi connectivity index (χ1n) is 9.97. The van der Waals surface area contributed by atoms with Crippen molar-refractivity contribution in [2.24, 2.45) is 0 Å². The maximum atomic E-state index is 5.87. The van der Waals surface area contributed by atoms with Crippen LogP contribution in [0.3, 0.4) is 0 Å². The number of aromatic nitrogens is 1. The summed E-state index contributed by atoms with van der Waals surface area (Å²) in [4.78, 5) is 7.05. The van der Waals surface area contributed by atoms with Crippen molar-refractivity contribution in [3.63, 3.8) is 0 Å². The van der Waals surface area contributed by atoms with Crippen LogP contribution in [0.4, 0.5) is 0 Å². The molecular weight excluding hydrogens is 344 g/mol. The summed E-state index contributed by atoms with van der Waals surface area (Å²) in [6.07, 6.45) is 5.29. The van der Waals surface area contributed by atoms with E-state index in [0.717, 1.165) is 37.4 Å². The molecule has 2 aliphatic heterocycles. The molecular formula is C25H24N2O. The Kier molecular flexibility index (Phi) is 4.78. The van der Waals surface area contributed by atoms with Crippen LogP contribution in [0.15, 0.2) is 85.1 Å². The third-order valence-corrected chi connectivity index (χ3v) is 5.77. The number of morpholine rings is 1. The summed E-state index contributed by atoms with van der Waals surface area (Å²) < 4.78 is 5.87. The highest BCUT2D eigenvalue weighted by atomic mass is 16.5. The van der Waals surface area contributed by atoms with Gasteiger partial charge in [0.25, 0.3) is 0 Å². The molecule has 0 spiro atoms. The molecule has 0 N–H and O–H groups in total. The van der Waals surface area contributed by atoms with E-state index >= 15 is 0 Å². The smallest absolute Gasteiger partial charge is 0.0701 e. The first kappa shape index (κ1) is 17.4. The summed E-state index contributed by atoms with van der Waals surface area (Å²) in [5.41, 5.74) is 6.31. The van der Waals surface area contributed by atoms with E-state index in [1.165, 1.54) is 16.7 Å². The van der Waals surface area contributed by atoms with E-state index in [0.29, 0.717) is 12.1 Å². The Balaban J connectivity index is 1.38. The van der Waals surface area contributed by atoms with E-state index < -0.39 is 0 Å². The quantitative estimate of drug-likeness (QED) is 0.661. The van der Waals surface area contributed by atoms with Crippen LogP contribution >= 0.6 is 0 Å². The van der Waals surface area contributed by atoms with Crippen molar-refractivity contribution in [2.45, 2.75) is 25.0 Å². The molecule has 2 bridgehead atoms. The Morgan fingerprint density at radius 2 is 1.64 bits per heavy atom. The van der Waals surface area contributed by atoms with E-state index in [4.69, 9.17) is 4.74 Å². The predicted octanol–water partition coefficient (Wildman–Crippen LogP) is 4.81. The Hall–Kier alpha value is -2.75. The first-order valence-corrected chi connectivity index (χ1v) is 9.97. The summed E-state index contributed by atoms with van der Waals surface area (Å²) >= 11 is 0. The Morgan fingerprint density at radius 3 is 2.39 bits per heavy atom. The molecule has 0 radical (unpaired) electrons. The van der Waals surface area contributed by atoms with Gasteiger partial charge in [0.15, 0.2) is 0 Å². The van der Waals surface area contributed by atoms with Crippen LogP contribution in [0.25, 0.3) is 16.8 Å². The molecule has 5 rings (SSSR count). The molecule has 3 aromatic rings. The maximum absolute atomic E-state index is 5.87. The van der Waals surface area contributed by atoms with Gasteiger partial charge >= 0.3 is 0 Å². The minimum absolute atomic E-state index is 0.346. The highest BCUT2D eigenvalue weighted by Crippen LogP contribution is 2.34. The Bertz CT molecular complexity index is 951. The highest BCUT2D eigenvalue weighted by Gasteiger charge is 2.34. The topological polar surface area (TPSA) is 25.4 Å². The fraction of sp³-hybridized carbons (Fsp3) is 0.240. The molecule has 0 saturated carbocycles. The van der Waals surface area contributed by atoms with Gasteiger partial charge < -0.3 is 4.74 Å². The number of ether oxygens (including phenoxy) is 1. The lowest BCUT2D eigenvalue weighted by molar-refractivity contribution is -0.0402.